The Morgan fingerprint density at radius 3 is 2.76 bits per heavy atom. The maximum atomic E-state index is 13.9. The lowest BCUT2D eigenvalue weighted by molar-refractivity contribution is -0.138. The number of aliphatic imine (C=N–C) groups is 1. The highest BCUT2D eigenvalue weighted by molar-refractivity contribution is 7.11. The van der Waals surface area contributed by atoms with Crippen LogP contribution in [0.5, 0.6) is 0 Å². The van der Waals surface area contributed by atoms with Crippen LogP contribution in [0.1, 0.15) is 35.9 Å². The number of rotatable bonds is 8. The van der Waals surface area contributed by atoms with E-state index >= 15 is 0 Å². The smallest absolute Gasteiger partial charge is 0.338 e. The Labute approximate surface area is 244 Å². The molecule has 6 rings (SSSR count). The molecule has 0 radical (unpaired) electrons. The molecule has 3 aliphatic heterocycles. The van der Waals surface area contributed by atoms with Crippen LogP contribution in [-0.4, -0.2) is 100 Å². The lowest BCUT2D eigenvalue weighted by atomic mass is 9.95. The Bertz CT molecular complexity index is 1460. The largest absolute Gasteiger partial charge is 0.481 e. The van der Waals surface area contributed by atoms with Gasteiger partial charge in [0.25, 0.3) is 0 Å². The van der Waals surface area contributed by atoms with Crippen LogP contribution < -0.4 is 5.32 Å². The number of carboxylic acids is 1. The number of aromatic nitrogens is 1. The molecule has 14 heteroatoms. The minimum absolute atomic E-state index is 0.0471. The molecule has 4 heterocycles. The van der Waals surface area contributed by atoms with Crippen LogP contribution in [0, 0.1) is 5.82 Å². The van der Waals surface area contributed by atoms with E-state index in [-0.39, 0.29) is 29.1 Å². The van der Waals surface area contributed by atoms with Gasteiger partial charge in [0.2, 0.25) is 0 Å². The summed E-state index contributed by atoms with van der Waals surface area (Å²) in [6.45, 7) is 2.34. The highest BCUT2D eigenvalue weighted by Gasteiger charge is 2.56. The summed E-state index contributed by atoms with van der Waals surface area (Å²) in [6, 6.07) is 2.90. The van der Waals surface area contributed by atoms with Gasteiger partial charge < -0.3 is 25.0 Å². The average Bonchev–Trinajstić information content (AvgIpc) is 3.34. The van der Waals surface area contributed by atoms with Gasteiger partial charge in [-0.25, -0.2) is 19.0 Å². The van der Waals surface area contributed by atoms with Gasteiger partial charge in [0.15, 0.2) is 10.8 Å². The number of fused-ring (bicyclic) bond motifs is 1. The van der Waals surface area contributed by atoms with Gasteiger partial charge in [0, 0.05) is 60.6 Å². The van der Waals surface area contributed by atoms with E-state index in [4.69, 9.17) is 21.3 Å². The number of ether oxygens (including phenoxy) is 1. The summed E-state index contributed by atoms with van der Waals surface area (Å²) in [7, 11) is 1.29. The number of nitrogens with one attached hydrogen (secondary N) is 1. The summed E-state index contributed by atoms with van der Waals surface area (Å²) in [5.74, 6) is -1.54. The number of hydrogen-bond donors (Lipinski definition) is 2. The lowest BCUT2D eigenvalue weighted by Gasteiger charge is -2.38. The van der Waals surface area contributed by atoms with E-state index in [9.17, 15) is 23.9 Å². The van der Waals surface area contributed by atoms with Gasteiger partial charge in [-0.05, 0) is 25.0 Å². The van der Waals surface area contributed by atoms with Crippen molar-refractivity contribution in [2.75, 3.05) is 39.8 Å². The second-order valence-electron chi connectivity index (χ2n) is 10.7. The van der Waals surface area contributed by atoms with Crippen molar-refractivity contribution in [2.45, 2.75) is 36.9 Å². The van der Waals surface area contributed by atoms with Gasteiger partial charge in [-0.3, -0.25) is 14.7 Å². The fraction of sp³-hybridized carbons (Fsp3) is 0.444. The number of esters is 1. The molecule has 0 bridgehead atoms. The van der Waals surface area contributed by atoms with Gasteiger partial charge >= 0.3 is 18.0 Å². The molecule has 2 N–H and O–H groups in total. The predicted molar refractivity (Wildman–Crippen MR) is 148 cm³/mol. The monoisotopic (exact) mass is 602 g/mol. The van der Waals surface area contributed by atoms with Gasteiger partial charge in [0.05, 0.1) is 30.7 Å². The van der Waals surface area contributed by atoms with E-state index in [0.717, 1.165) is 0 Å². The topological polar surface area (TPSA) is 128 Å². The minimum atomic E-state index is -0.902. The van der Waals surface area contributed by atoms with E-state index in [2.05, 4.69) is 15.2 Å². The summed E-state index contributed by atoms with van der Waals surface area (Å²) in [5.41, 5.74) is 0.682. The first-order valence-corrected chi connectivity index (χ1v) is 14.5. The Kier molecular flexibility index (Phi) is 7.20. The summed E-state index contributed by atoms with van der Waals surface area (Å²) in [5, 5.41) is 15.2. The fourth-order valence-electron chi connectivity index (χ4n) is 5.97. The third-order valence-corrected chi connectivity index (χ3v) is 9.23. The number of thiazole rings is 1. The predicted octanol–water partition coefficient (Wildman–Crippen LogP) is 2.88. The van der Waals surface area contributed by atoms with Crippen LogP contribution in [0.25, 0.3) is 0 Å². The van der Waals surface area contributed by atoms with Crippen molar-refractivity contribution in [3.05, 3.63) is 62.5 Å². The van der Waals surface area contributed by atoms with Gasteiger partial charge in [-0.1, -0.05) is 17.7 Å². The first-order chi connectivity index (χ1) is 19.7. The van der Waals surface area contributed by atoms with Crippen molar-refractivity contribution in [2.24, 2.45) is 4.99 Å². The van der Waals surface area contributed by atoms with E-state index in [1.54, 1.807) is 11.1 Å². The number of aliphatic carboxylic acids is 1. The zero-order valence-electron chi connectivity index (χ0n) is 22.2. The zero-order chi connectivity index (χ0) is 28.9. The molecule has 0 spiro atoms. The number of amidine groups is 1. The van der Waals surface area contributed by atoms with Gasteiger partial charge in [0.1, 0.15) is 11.9 Å². The molecule has 0 unspecified atom stereocenters. The molecular weight excluding hydrogens is 575 g/mol. The fourth-order valence-corrected chi connectivity index (χ4v) is 6.83. The number of amides is 2. The number of carboxylic acid groups (broad SMARTS) is 1. The average molecular weight is 603 g/mol. The van der Waals surface area contributed by atoms with Crippen molar-refractivity contribution in [1.82, 2.24) is 25.0 Å². The second kappa shape index (κ2) is 10.7. The van der Waals surface area contributed by atoms with Crippen LogP contribution in [0.2, 0.25) is 5.02 Å². The molecule has 216 valence electrons. The molecule has 41 heavy (non-hydrogen) atoms. The summed E-state index contributed by atoms with van der Waals surface area (Å²) >= 11 is 7.82. The van der Waals surface area contributed by atoms with E-state index < -0.39 is 29.3 Å². The van der Waals surface area contributed by atoms with Crippen LogP contribution in [0.3, 0.4) is 0 Å². The maximum absolute atomic E-state index is 13.9. The standard InChI is InChI=1S/C27H28ClFN6O5S/c1-40-25(38)21-19(31-23(24-30-6-9-41-24)32-22(21)17-3-2-15(29)10-18(17)28)14-33-7-8-34-16(12-33)13-35(26(34)39)27(4-5-27)11-20(36)37/h2-3,6,9-10,16,22H,4-5,7-8,11-14H2,1H3,(H,31,32)(H,36,37)/t16-,22-/m0/s1. The summed E-state index contributed by atoms with van der Waals surface area (Å²) in [4.78, 5) is 52.7. The SMILES string of the molecule is COC(=O)C1=C(CN2CCN3C(=O)N(C4(CC(=O)O)CC4)C[C@@H]3C2)NC(c2nccs2)=N[C@H]1c1ccc(F)cc1Cl. The molecule has 4 aliphatic rings. The lowest BCUT2D eigenvalue weighted by Crippen LogP contribution is -2.53. The molecule has 2 aromatic rings. The normalized spacial score (nSPS) is 23.7. The molecule has 11 nitrogen and oxygen atoms in total. The number of carbonyl (C=O) groups is 3. The van der Waals surface area contributed by atoms with Crippen molar-refractivity contribution in [3.8, 4) is 0 Å². The molecule has 2 amide bonds. The summed E-state index contributed by atoms with van der Waals surface area (Å²) in [6.07, 6.45) is 3.00. The summed E-state index contributed by atoms with van der Waals surface area (Å²) < 4.78 is 19.1. The molecule has 2 saturated heterocycles. The Morgan fingerprint density at radius 2 is 2.10 bits per heavy atom. The number of piperazine rings is 1. The molecular formula is C27H28ClFN6O5S. The van der Waals surface area contributed by atoms with Crippen molar-refractivity contribution < 1.29 is 28.6 Å². The van der Waals surface area contributed by atoms with Crippen molar-refractivity contribution >= 4 is 46.7 Å². The molecule has 1 aliphatic carbocycles. The first kappa shape index (κ1) is 27.6. The van der Waals surface area contributed by atoms with Crippen LogP contribution >= 0.6 is 22.9 Å². The number of urea groups is 1. The maximum Gasteiger partial charge on any atom is 0.338 e. The van der Waals surface area contributed by atoms with Crippen LogP contribution in [0.4, 0.5) is 9.18 Å². The van der Waals surface area contributed by atoms with Gasteiger partial charge in [-0.2, -0.15) is 0 Å². The number of hydrogen-bond acceptors (Lipinski definition) is 9. The number of halogens is 2. The van der Waals surface area contributed by atoms with Crippen molar-refractivity contribution in [3.63, 3.8) is 0 Å². The number of carbonyl (C=O) groups excluding carboxylic acids is 2. The van der Waals surface area contributed by atoms with Gasteiger partial charge in [-0.15, -0.1) is 11.3 Å². The highest BCUT2D eigenvalue weighted by atomic mass is 35.5. The van der Waals surface area contributed by atoms with Crippen LogP contribution in [-0.2, 0) is 14.3 Å². The molecule has 3 fully saturated rings. The van der Waals surface area contributed by atoms with Crippen LogP contribution in [0.15, 0.2) is 46.0 Å². The second-order valence-corrected chi connectivity index (χ2v) is 12.0. The highest BCUT2D eigenvalue weighted by Crippen LogP contribution is 2.47. The van der Waals surface area contributed by atoms with Crippen molar-refractivity contribution in [1.29, 1.82) is 0 Å². The van der Waals surface area contributed by atoms with E-state index in [0.29, 0.717) is 67.7 Å². The third-order valence-electron chi connectivity index (χ3n) is 8.12. The third kappa shape index (κ3) is 5.17. The Morgan fingerprint density at radius 1 is 1.29 bits per heavy atom. The molecule has 1 saturated carbocycles. The molecule has 2 atom stereocenters. The van der Waals surface area contributed by atoms with E-state index in [1.165, 1.54) is 36.6 Å². The number of methoxy groups -OCH3 is 1. The zero-order valence-corrected chi connectivity index (χ0v) is 23.8. The molecule has 1 aromatic heterocycles. The Balaban J connectivity index is 1.29. The number of benzene rings is 1. The quantitative estimate of drug-likeness (QED) is 0.442. The van der Waals surface area contributed by atoms with E-state index in [1.807, 2.05) is 10.3 Å². The Hall–Kier alpha value is -3.55. The molecule has 1 aromatic carbocycles. The number of nitrogens with zero attached hydrogens (tertiary/aromatic N) is 5. The minimum Gasteiger partial charge on any atom is -0.481 e. The first-order valence-electron chi connectivity index (χ1n) is 13.2.